The smallest absolute Gasteiger partial charge is 0.338 e. The lowest BCUT2D eigenvalue weighted by molar-refractivity contribution is -0.137. The molecular weight excluding hydrogens is 353 g/mol. The highest BCUT2D eigenvalue weighted by molar-refractivity contribution is 5.97. The van der Waals surface area contributed by atoms with Gasteiger partial charge in [0, 0.05) is 6.54 Å². The zero-order chi connectivity index (χ0) is 19.9. The number of carbonyl (C=O) groups excluding carboxylic acids is 3. The summed E-state index contributed by atoms with van der Waals surface area (Å²) in [6.45, 7) is 3.15. The van der Waals surface area contributed by atoms with Crippen LogP contribution in [0, 0.1) is 0 Å². The molecule has 0 aliphatic carbocycles. The molecule has 0 saturated carbocycles. The Kier molecular flexibility index (Phi) is 7.56. The Morgan fingerprint density at radius 3 is 2.38 bits per heavy atom. The van der Waals surface area contributed by atoms with E-state index in [9.17, 15) is 27.6 Å². The SMILES string of the molecule is CCNC(=O)NC(=O)C(C)N(C)CC(=O)Nc1ccccc1C(F)(F)F. The molecule has 0 spiro atoms. The zero-order valence-corrected chi connectivity index (χ0v) is 14.6. The summed E-state index contributed by atoms with van der Waals surface area (Å²) in [5.74, 6) is -1.36. The summed E-state index contributed by atoms with van der Waals surface area (Å²) in [7, 11) is 1.44. The van der Waals surface area contributed by atoms with Gasteiger partial charge in [-0.2, -0.15) is 13.2 Å². The minimum Gasteiger partial charge on any atom is -0.338 e. The molecule has 0 saturated heterocycles. The maximum absolute atomic E-state index is 12.9. The number of anilines is 1. The lowest BCUT2D eigenvalue weighted by atomic mass is 10.1. The van der Waals surface area contributed by atoms with E-state index < -0.39 is 35.6 Å². The molecule has 0 heterocycles. The van der Waals surface area contributed by atoms with E-state index in [1.54, 1.807) is 6.92 Å². The summed E-state index contributed by atoms with van der Waals surface area (Å²) in [4.78, 5) is 36.6. The highest BCUT2D eigenvalue weighted by Crippen LogP contribution is 2.34. The Morgan fingerprint density at radius 1 is 1.19 bits per heavy atom. The van der Waals surface area contributed by atoms with Crippen LogP contribution in [0.2, 0.25) is 0 Å². The van der Waals surface area contributed by atoms with Crippen LogP contribution in [0.5, 0.6) is 0 Å². The average Bonchev–Trinajstić information content (AvgIpc) is 2.53. The van der Waals surface area contributed by atoms with E-state index in [1.165, 1.54) is 31.0 Å². The van der Waals surface area contributed by atoms with Gasteiger partial charge in [0.1, 0.15) is 0 Å². The molecule has 4 amide bonds. The zero-order valence-electron chi connectivity index (χ0n) is 14.6. The molecule has 3 N–H and O–H groups in total. The molecule has 26 heavy (non-hydrogen) atoms. The predicted octanol–water partition coefficient (Wildman–Crippen LogP) is 1.81. The molecule has 0 fully saturated rings. The van der Waals surface area contributed by atoms with Gasteiger partial charge in [-0.25, -0.2) is 4.79 Å². The fraction of sp³-hybridized carbons (Fsp3) is 0.438. The van der Waals surface area contributed by atoms with Crippen molar-refractivity contribution in [1.82, 2.24) is 15.5 Å². The Hall–Kier alpha value is -2.62. The summed E-state index contributed by atoms with van der Waals surface area (Å²) in [6, 6.07) is 3.09. The minimum absolute atomic E-state index is 0.337. The summed E-state index contributed by atoms with van der Waals surface area (Å²) in [5.41, 5.74) is -1.32. The monoisotopic (exact) mass is 374 g/mol. The first-order valence-electron chi connectivity index (χ1n) is 7.81. The van der Waals surface area contributed by atoms with Gasteiger partial charge >= 0.3 is 12.2 Å². The highest BCUT2D eigenvalue weighted by Gasteiger charge is 2.33. The van der Waals surface area contributed by atoms with Gasteiger partial charge in [-0.15, -0.1) is 0 Å². The van der Waals surface area contributed by atoms with E-state index in [2.05, 4.69) is 16.0 Å². The van der Waals surface area contributed by atoms with Crippen LogP contribution in [0.15, 0.2) is 24.3 Å². The maximum atomic E-state index is 12.9. The van der Waals surface area contributed by atoms with Gasteiger partial charge in [0.2, 0.25) is 11.8 Å². The van der Waals surface area contributed by atoms with Gasteiger partial charge in [0.15, 0.2) is 0 Å². The third kappa shape index (κ3) is 6.36. The summed E-state index contributed by atoms with van der Waals surface area (Å²) in [6.07, 6.45) is -4.60. The van der Waals surface area contributed by atoms with Crippen LogP contribution < -0.4 is 16.0 Å². The number of urea groups is 1. The molecule has 0 aliphatic rings. The maximum Gasteiger partial charge on any atom is 0.418 e. The van der Waals surface area contributed by atoms with Crippen molar-refractivity contribution in [1.29, 1.82) is 0 Å². The third-order valence-corrected chi connectivity index (χ3v) is 3.51. The van der Waals surface area contributed by atoms with Crippen LogP contribution in [0.25, 0.3) is 0 Å². The van der Waals surface area contributed by atoms with Crippen molar-refractivity contribution < 1.29 is 27.6 Å². The van der Waals surface area contributed by atoms with Crippen molar-refractivity contribution in [2.75, 3.05) is 25.5 Å². The van der Waals surface area contributed by atoms with Gasteiger partial charge in [-0.05, 0) is 33.0 Å². The third-order valence-electron chi connectivity index (χ3n) is 3.51. The molecule has 1 atom stereocenters. The van der Waals surface area contributed by atoms with Crippen molar-refractivity contribution in [2.45, 2.75) is 26.1 Å². The molecule has 1 rings (SSSR count). The predicted molar refractivity (Wildman–Crippen MR) is 89.4 cm³/mol. The minimum atomic E-state index is -4.60. The summed E-state index contributed by atoms with van der Waals surface area (Å²) < 4.78 is 38.8. The molecule has 1 aromatic carbocycles. The number of rotatable bonds is 6. The molecule has 1 aromatic rings. The molecular formula is C16H21F3N4O3. The van der Waals surface area contributed by atoms with E-state index in [1.807, 2.05) is 0 Å². The van der Waals surface area contributed by atoms with E-state index in [0.29, 0.717) is 6.54 Å². The number of nitrogens with one attached hydrogen (secondary N) is 3. The molecule has 1 unspecified atom stereocenters. The topological polar surface area (TPSA) is 90.5 Å². The molecule has 144 valence electrons. The number of imide groups is 1. The van der Waals surface area contributed by atoms with Gasteiger partial charge in [-0.3, -0.25) is 19.8 Å². The Balaban J connectivity index is 2.68. The number of para-hydroxylation sites is 1. The Morgan fingerprint density at radius 2 is 1.81 bits per heavy atom. The van der Waals surface area contributed by atoms with Crippen molar-refractivity contribution in [3.8, 4) is 0 Å². The van der Waals surface area contributed by atoms with E-state index in [4.69, 9.17) is 0 Å². The van der Waals surface area contributed by atoms with Gasteiger partial charge < -0.3 is 10.6 Å². The van der Waals surface area contributed by atoms with Crippen LogP contribution in [-0.4, -0.2) is 48.9 Å². The number of hydrogen-bond acceptors (Lipinski definition) is 4. The number of carbonyl (C=O) groups is 3. The van der Waals surface area contributed by atoms with Crippen LogP contribution in [-0.2, 0) is 15.8 Å². The second-order valence-corrected chi connectivity index (χ2v) is 5.53. The quantitative estimate of drug-likeness (QED) is 0.708. The van der Waals surface area contributed by atoms with Crippen LogP contribution >= 0.6 is 0 Å². The fourth-order valence-corrected chi connectivity index (χ4v) is 2.01. The largest absolute Gasteiger partial charge is 0.418 e. The van der Waals surface area contributed by atoms with Crippen LogP contribution in [0.4, 0.5) is 23.7 Å². The Labute approximate surface area is 148 Å². The number of halogens is 3. The van der Waals surface area contributed by atoms with Crippen molar-refractivity contribution in [3.63, 3.8) is 0 Å². The molecule has 0 radical (unpaired) electrons. The van der Waals surface area contributed by atoms with E-state index in [-0.39, 0.29) is 12.2 Å². The first-order valence-corrected chi connectivity index (χ1v) is 7.81. The molecule has 7 nitrogen and oxygen atoms in total. The number of likely N-dealkylation sites (N-methyl/N-ethyl adjacent to an activating group) is 1. The van der Waals surface area contributed by atoms with E-state index >= 15 is 0 Å². The molecule has 10 heteroatoms. The normalized spacial score (nSPS) is 12.4. The summed E-state index contributed by atoms with van der Waals surface area (Å²) >= 11 is 0. The first kappa shape index (κ1) is 21.4. The number of hydrogen-bond donors (Lipinski definition) is 3. The van der Waals surface area contributed by atoms with E-state index in [0.717, 1.165) is 12.1 Å². The molecule has 0 bridgehead atoms. The summed E-state index contributed by atoms with van der Waals surface area (Å²) in [5, 5.41) is 6.68. The number of nitrogens with zero attached hydrogens (tertiary/aromatic N) is 1. The van der Waals surface area contributed by atoms with Crippen molar-refractivity contribution in [3.05, 3.63) is 29.8 Å². The van der Waals surface area contributed by atoms with Gasteiger partial charge in [-0.1, -0.05) is 12.1 Å². The molecule has 0 aromatic heterocycles. The van der Waals surface area contributed by atoms with Crippen molar-refractivity contribution >= 4 is 23.5 Å². The number of alkyl halides is 3. The highest BCUT2D eigenvalue weighted by atomic mass is 19.4. The van der Waals surface area contributed by atoms with Crippen molar-refractivity contribution in [2.24, 2.45) is 0 Å². The number of benzene rings is 1. The van der Waals surface area contributed by atoms with Crippen LogP contribution in [0.3, 0.4) is 0 Å². The Bertz CT molecular complexity index is 664. The van der Waals surface area contributed by atoms with Crippen LogP contribution in [0.1, 0.15) is 19.4 Å². The van der Waals surface area contributed by atoms with Gasteiger partial charge in [0.05, 0.1) is 23.8 Å². The lowest BCUT2D eigenvalue weighted by Gasteiger charge is -2.23. The average molecular weight is 374 g/mol. The second-order valence-electron chi connectivity index (χ2n) is 5.53. The standard InChI is InChI=1S/C16H21F3N4O3/c1-4-20-15(26)22-14(25)10(2)23(3)9-13(24)21-12-8-6-5-7-11(12)16(17,18)19/h5-8,10H,4,9H2,1-3H3,(H,21,24)(H2,20,22,25,26). The fourth-order valence-electron chi connectivity index (χ4n) is 2.01. The molecule has 0 aliphatic heterocycles. The second kappa shape index (κ2) is 9.18. The number of amides is 4. The lowest BCUT2D eigenvalue weighted by Crippen LogP contribution is -2.50. The first-order chi connectivity index (χ1) is 12.1. The van der Waals surface area contributed by atoms with Gasteiger partial charge in [0.25, 0.3) is 0 Å².